The lowest BCUT2D eigenvalue weighted by Crippen LogP contribution is -2.38. The Hall–Kier alpha value is -1.93. The minimum atomic E-state index is -3.93. The lowest BCUT2D eigenvalue weighted by molar-refractivity contribution is -0.120. The van der Waals surface area contributed by atoms with Gasteiger partial charge in [0, 0.05) is 6.04 Å². The van der Waals surface area contributed by atoms with Crippen LogP contribution < -0.4 is 10.0 Å². The second kappa shape index (κ2) is 5.82. The predicted octanol–water partition coefficient (Wildman–Crippen LogP) is 0.250. The summed E-state index contributed by atoms with van der Waals surface area (Å²) >= 11 is 0. The first-order chi connectivity index (χ1) is 9.81. The molecule has 0 saturated heterocycles. The van der Waals surface area contributed by atoms with Crippen LogP contribution in [0.2, 0.25) is 0 Å². The van der Waals surface area contributed by atoms with E-state index < -0.39 is 21.9 Å². The summed E-state index contributed by atoms with van der Waals surface area (Å²) in [5, 5.41) is 11.7. The molecule has 1 amide bonds. The molecule has 1 saturated carbocycles. The zero-order valence-electron chi connectivity index (χ0n) is 11.4. The smallest absolute Gasteiger partial charge is 0.335 e. The summed E-state index contributed by atoms with van der Waals surface area (Å²) in [5.74, 6) is -1.59. The third-order valence-electron chi connectivity index (χ3n) is 3.17. The lowest BCUT2D eigenvalue weighted by atomic mass is 10.1. The topological polar surface area (TPSA) is 113 Å². The second-order valence-corrected chi connectivity index (χ2v) is 6.64. The Morgan fingerprint density at radius 2 is 2.00 bits per heavy atom. The second-order valence-electron chi connectivity index (χ2n) is 4.90. The Labute approximate surface area is 122 Å². The molecule has 0 aliphatic heterocycles. The third kappa shape index (κ3) is 3.79. The minimum Gasteiger partial charge on any atom is -0.478 e. The maximum atomic E-state index is 12.1. The first-order valence-corrected chi connectivity index (χ1v) is 7.91. The number of carbonyl (C=O) groups is 2. The van der Waals surface area contributed by atoms with Crippen LogP contribution in [-0.2, 0) is 14.8 Å². The number of hydrogen-bond donors (Lipinski definition) is 3. The number of sulfonamides is 1. The zero-order chi connectivity index (χ0) is 15.6. The molecule has 0 radical (unpaired) electrons. The molecule has 21 heavy (non-hydrogen) atoms. The standard InChI is InChI=1S/C13H16N2O5S/c1-8-10(13(17)18)3-2-4-11(8)21(19,20)14-7-12(16)15-9-5-6-9/h2-4,9,14H,5-7H2,1H3,(H,15,16)(H,17,18). The summed E-state index contributed by atoms with van der Waals surface area (Å²) in [6.45, 7) is 1.05. The van der Waals surface area contributed by atoms with Crippen LogP contribution in [0.4, 0.5) is 0 Å². The van der Waals surface area contributed by atoms with Crippen molar-refractivity contribution in [3.8, 4) is 0 Å². The number of aromatic carboxylic acids is 1. The maximum absolute atomic E-state index is 12.1. The van der Waals surface area contributed by atoms with E-state index in [1.165, 1.54) is 25.1 Å². The highest BCUT2D eigenvalue weighted by Crippen LogP contribution is 2.19. The molecule has 3 N–H and O–H groups in total. The van der Waals surface area contributed by atoms with Crippen molar-refractivity contribution in [2.75, 3.05) is 6.54 Å². The number of hydrogen-bond acceptors (Lipinski definition) is 4. The van der Waals surface area contributed by atoms with Gasteiger partial charge in [-0.05, 0) is 37.5 Å². The van der Waals surface area contributed by atoms with Gasteiger partial charge in [0.2, 0.25) is 15.9 Å². The van der Waals surface area contributed by atoms with Crippen LogP contribution in [0.1, 0.15) is 28.8 Å². The van der Waals surface area contributed by atoms with Crippen molar-refractivity contribution in [3.63, 3.8) is 0 Å². The summed E-state index contributed by atoms with van der Waals surface area (Å²) in [4.78, 5) is 22.4. The van der Waals surface area contributed by atoms with E-state index in [0.717, 1.165) is 12.8 Å². The van der Waals surface area contributed by atoms with Crippen LogP contribution in [0.3, 0.4) is 0 Å². The Kier molecular flexibility index (Phi) is 4.29. The van der Waals surface area contributed by atoms with Crippen LogP contribution in [0, 0.1) is 6.92 Å². The van der Waals surface area contributed by atoms with Gasteiger partial charge in [0.25, 0.3) is 0 Å². The SMILES string of the molecule is Cc1c(C(=O)O)cccc1S(=O)(=O)NCC(=O)NC1CC1. The van der Waals surface area contributed by atoms with Gasteiger partial charge in [-0.25, -0.2) is 17.9 Å². The normalized spacial score (nSPS) is 14.7. The number of carboxylic acids is 1. The quantitative estimate of drug-likeness (QED) is 0.697. The molecule has 0 aromatic heterocycles. The number of carbonyl (C=O) groups excluding carboxylic acids is 1. The Bertz CT molecular complexity index is 680. The summed E-state index contributed by atoms with van der Waals surface area (Å²) < 4.78 is 26.5. The van der Waals surface area contributed by atoms with Gasteiger partial charge >= 0.3 is 5.97 Å². The van der Waals surface area contributed by atoms with Crippen LogP contribution >= 0.6 is 0 Å². The van der Waals surface area contributed by atoms with Gasteiger partial charge < -0.3 is 10.4 Å². The van der Waals surface area contributed by atoms with Crippen molar-refractivity contribution >= 4 is 21.9 Å². The van der Waals surface area contributed by atoms with Gasteiger partial charge in [-0.3, -0.25) is 4.79 Å². The Morgan fingerprint density at radius 1 is 1.33 bits per heavy atom. The molecule has 0 heterocycles. The molecule has 0 bridgehead atoms. The van der Waals surface area contributed by atoms with E-state index in [1.54, 1.807) is 0 Å². The molecular weight excluding hydrogens is 296 g/mol. The van der Waals surface area contributed by atoms with Crippen LogP contribution in [-0.4, -0.2) is 38.0 Å². The number of nitrogens with one attached hydrogen (secondary N) is 2. The number of rotatable bonds is 6. The first kappa shape index (κ1) is 15.5. The number of carboxylic acid groups (broad SMARTS) is 1. The fourth-order valence-corrected chi connectivity index (χ4v) is 3.13. The van der Waals surface area contributed by atoms with E-state index in [2.05, 4.69) is 10.0 Å². The first-order valence-electron chi connectivity index (χ1n) is 6.43. The minimum absolute atomic E-state index is 0.0830. The van der Waals surface area contributed by atoms with Gasteiger partial charge in [-0.2, -0.15) is 0 Å². The average molecular weight is 312 g/mol. The highest BCUT2D eigenvalue weighted by Gasteiger charge is 2.25. The molecular formula is C13H16N2O5S. The van der Waals surface area contributed by atoms with Crippen molar-refractivity contribution in [1.82, 2.24) is 10.0 Å². The van der Waals surface area contributed by atoms with Crippen molar-refractivity contribution < 1.29 is 23.1 Å². The summed E-state index contributed by atoms with van der Waals surface area (Å²) in [7, 11) is -3.93. The average Bonchev–Trinajstić information content (AvgIpc) is 3.20. The van der Waals surface area contributed by atoms with E-state index in [-0.39, 0.29) is 28.6 Å². The lowest BCUT2D eigenvalue weighted by Gasteiger charge is -2.11. The molecule has 0 unspecified atom stereocenters. The number of benzene rings is 1. The molecule has 1 aliphatic rings. The van der Waals surface area contributed by atoms with E-state index in [0.29, 0.717) is 0 Å². The van der Waals surface area contributed by atoms with Crippen molar-refractivity contribution in [2.45, 2.75) is 30.7 Å². The van der Waals surface area contributed by atoms with Gasteiger partial charge in [0.1, 0.15) is 0 Å². The van der Waals surface area contributed by atoms with Crippen molar-refractivity contribution in [1.29, 1.82) is 0 Å². The zero-order valence-corrected chi connectivity index (χ0v) is 12.2. The largest absolute Gasteiger partial charge is 0.478 e. The monoisotopic (exact) mass is 312 g/mol. The van der Waals surface area contributed by atoms with Crippen LogP contribution in [0.5, 0.6) is 0 Å². The van der Waals surface area contributed by atoms with Crippen molar-refractivity contribution in [3.05, 3.63) is 29.3 Å². The molecule has 1 aliphatic carbocycles. The molecule has 2 rings (SSSR count). The molecule has 114 valence electrons. The highest BCUT2D eigenvalue weighted by atomic mass is 32.2. The maximum Gasteiger partial charge on any atom is 0.335 e. The van der Waals surface area contributed by atoms with E-state index in [9.17, 15) is 18.0 Å². The molecule has 0 atom stereocenters. The van der Waals surface area contributed by atoms with Gasteiger partial charge in [-0.1, -0.05) is 6.07 Å². The van der Waals surface area contributed by atoms with Gasteiger partial charge in [-0.15, -0.1) is 0 Å². The van der Waals surface area contributed by atoms with Gasteiger partial charge in [0.05, 0.1) is 17.0 Å². The van der Waals surface area contributed by atoms with E-state index in [4.69, 9.17) is 5.11 Å². The van der Waals surface area contributed by atoms with E-state index >= 15 is 0 Å². The highest BCUT2D eigenvalue weighted by molar-refractivity contribution is 7.89. The Morgan fingerprint density at radius 3 is 2.57 bits per heavy atom. The molecule has 1 fully saturated rings. The molecule has 8 heteroatoms. The fourth-order valence-electron chi connectivity index (χ4n) is 1.88. The van der Waals surface area contributed by atoms with E-state index in [1.807, 2.05) is 0 Å². The fraction of sp³-hybridized carbons (Fsp3) is 0.385. The van der Waals surface area contributed by atoms with Crippen LogP contribution in [0.15, 0.2) is 23.1 Å². The summed E-state index contributed by atoms with van der Waals surface area (Å²) in [6, 6.07) is 4.15. The molecule has 1 aromatic carbocycles. The van der Waals surface area contributed by atoms with Crippen LogP contribution in [0.25, 0.3) is 0 Å². The summed E-state index contributed by atoms with van der Waals surface area (Å²) in [5.41, 5.74) is 0.0559. The molecule has 1 aromatic rings. The number of amides is 1. The Balaban J connectivity index is 2.13. The third-order valence-corrected chi connectivity index (χ3v) is 4.71. The van der Waals surface area contributed by atoms with Crippen molar-refractivity contribution in [2.24, 2.45) is 0 Å². The molecule has 7 nitrogen and oxygen atoms in total. The summed E-state index contributed by atoms with van der Waals surface area (Å²) in [6.07, 6.45) is 1.83. The predicted molar refractivity (Wildman–Crippen MR) is 74.5 cm³/mol. The molecule has 0 spiro atoms. The van der Waals surface area contributed by atoms with Gasteiger partial charge in [0.15, 0.2) is 0 Å².